The first-order valence-electron chi connectivity index (χ1n) is 6.83. The summed E-state index contributed by atoms with van der Waals surface area (Å²) >= 11 is 0. The number of ether oxygens (including phenoxy) is 1. The monoisotopic (exact) mass is 274 g/mol. The summed E-state index contributed by atoms with van der Waals surface area (Å²) in [5, 5.41) is 4.35. The lowest BCUT2D eigenvalue weighted by atomic mass is 10.0. The molecule has 0 radical (unpaired) electrons. The molecule has 5 heteroatoms. The van der Waals surface area contributed by atoms with Gasteiger partial charge >= 0.3 is 0 Å². The normalized spacial score (nSPS) is 12.4. The summed E-state index contributed by atoms with van der Waals surface area (Å²) in [4.78, 5) is 0. The van der Waals surface area contributed by atoms with Crippen LogP contribution >= 0.6 is 0 Å². The Morgan fingerprint density at radius 1 is 1.40 bits per heavy atom. The lowest BCUT2D eigenvalue weighted by molar-refractivity contribution is 0.401. The van der Waals surface area contributed by atoms with Crippen molar-refractivity contribution in [3.05, 3.63) is 47.3 Å². The van der Waals surface area contributed by atoms with Crippen molar-refractivity contribution in [2.75, 3.05) is 7.11 Å². The summed E-state index contributed by atoms with van der Waals surface area (Å²) in [6.45, 7) is 5.04. The van der Waals surface area contributed by atoms with E-state index in [0.29, 0.717) is 0 Å². The molecule has 1 aromatic heterocycles. The molecule has 0 aliphatic carbocycles. The molecule has 108 valence electrons. The first-order chi connectivity index (χ1) is 9.71. The minimum Gasteiger partial charge on any atom is -0.496 e. The van der Waals surface area contributed by atoms with Gasteiger partial charge in [0.1, 0.15) is 5.75 Å². The highest BCUT2D eigenvalue weighted by Crippen LogP contribution is 2.30. The highest BCUT2D eigenvalue weighted by atomic mass is 16.5. The fourth-order valence-electron chi connectivity index (χ4n) is 2.38. The largest absolute Gasteiger partial charge is 0.496 e. The standard InChI is InChI=1S/C15H22N4O/c1-4-9-19-13(7-8-17-19)15(18-16)12-6-5-11(2)10-14(12)20-3/h5-8,10,15,18H,4,9,16H2,1-3H3. The molecule has 1 atom stereocenters. The van der Waals surface area contributed by atoms with E-state index in [0.717, 1.165) is 35.5 Å². The number of methoxy groups -OCH3 is 1. The number of benzene rings is 1. The number of rotatable bonds is 6. The van der Waals surface area contributed by atoms with E-state index in [1.807, 2.05) is 29.8 Å². The van der Waals surface area contributed by atoms with Gasteiger partial charge in [-0.25, -0.2) is 5.43 Å². The zero-order valence-corrected chi connectivity index (χ0v) is 12.3. The number of hydrogen-bond donors (Lipinski definition) is 2. The van der Waals surface area contributed by atoms with Gasteiger partial charge in [-0.05, 0) is 31.0 Å². The average Bonchev–Trinajstić information content (AvgIpc) is 2.90. The van der Waals surface area contributed by atoms with Crippen molar-refractivity contribution in [1.29, 1.82) is 0 Å². The van der Waals surface area contributed by atoms with Crippen molar-refractivity contribution in [2.45, 2.75) is 32.9 Å². The molecule has 2 rings (SSSR count). The van der Waals surface area contributed by atoms with Gasteiger partial charge in [-0.1, -0.05) is 19.1 Å². The Morgan fingerprint density at radius 2 is 2.20 bits per heavy atom. The molecule has 0 saturated heterocycles. The highest BCUT2D eigenvalue weighted by molar-refractivity contribution is 5.42. The third-order valence-electron chi connectivity index (χ3n) is 3.35. The molecular formula is C15H22N4O. The molecule has 1 aromatic carbocycles. The Balaban J connectivity index is 2.44. The number of nitrogens with zero attached hydrogens (tertiary/aromatic N) is 2. The highest BCUT2D eigenvalue weighted by Gasteiger charge is 2.20. The van der Waals surface area contributed by atoms with Crippen LogP contribution in [0.15, 0.2) is 30.5 Å². The maximum absolute atomic E-state index is 5.78. The molecule has 1 heterocycles. The van der Waals surface area contributed by atoms with Gasteiger partial charge < -0.3 is 4.74 Å². The molecule has 0 aliphatic heterocycles. The molecule has 3 N–H and O–H groups in total. The predicted molar refractivity (Wildman–Crippen MR) is 79.4 cm³/mol. The van der Waals surface area contributed by atoms with Gasteiger partial charge in [-0.2, -0.15) is 5.10 Å². The zero-order chi connectivity index (χ0) is 14.5. The zero-order valence-electron chi connectivity index (χ0n) is 12.3. The van der Waals surface area contributed by atoms with Crippen molar-refractivity contribution >= 4 is 0 Å². The van der Waals surface area contributed by atoms with E-state index in [1.54, 1.807) is 13.3 Å². The van der Waals surface area contributed by atoms with Gasteiger partial charge in [0.25, 0.3) is 0 Å². The van der Waals surface area contributed by atoms with Crippen LogP contribution in [0, 0.1) is 6.92 Å². The molecule has 1 unspecified atom stereocenters. The molecule has 20 heavy (non-hydrogen) atoms. The van der Waals surface area contributed by atoms with E-state index >= 15 is 0 Å². The smallest absolute Gasteiger partial charge is 0.124 e. The van der Waals surface area contributed by atoms with Crippen LogP contribution in [0.25, 0.3) is 0 Å². The number of nitrogens with one attached hydrogen (secondary N) is 1. The van der Waals surface area contributed by atoms with Crippen LogP contribution in [-0.2, 0) is 6.54 Å². The molecule has 0 saturated carbocycles. The Hall–Kier alpha value is -1.85. The number of nitrogens with two attached hydrogens (primary N) is 1. The number of aryl methyl sites for hydroxylation is 2. The van der Waals surface area contributed by atoms with Crippen LogP contribution in [0.1, 0.15) is 36.2 Å². The minimum atomic E-state index is -0.139. The maximum atomic E-state index is 5.78. The Morgan fingerprint density at radius 3 is 2.85 bits per heavy atom. The molecule has 0 spiro atoms. The van der Waals surface area contributed by atoms with Gasteiger partial charge in [0.2, 0.25) is 0 Å². The number of aromatic nitrogens is 2. The fraction of sp³-hybridized carbons (Fsp3) is 0.400. The van der Waals surface area contributed by atoms with Crippen LogP contribution in [0.5, 0.6) is 5.75 Å². The Bertz CT molecular complexity index is 565. The van der Waals surface area contributed by atoms with Crippen molar-refractivity contribution < 1.29 is 4.74 Å². The summed E-state index contributed by atoms with van der Waals surface area (Å²) < 4.78 is 7.46. The van der Waals surface area contributed by atoms with Crippen LogP contribution in [0.3, 0.4) is 0 Å². The average molecular weight is 274 g/mol. The molecule has 0 amide bonds. The third kappa shape index (κ3) is 2.84. The Labute approximate surface area is 119 Å². The van der Waals surface area contributed by atoms with Gasteiger partial charge in [-0.3, -0.25) is 10.5 Å². The van der Waals surface area contributed by atoms with E-state index in [9.17, 15) is 0 Å². The summed E-state index contributed by atoms with van der Waals surface area (Å²) in [7, 11) is 1.68. The number of hydrogen-bond acceptors (Lipinski definition) is 4. The van der Waals surface area contributed by atoms with Gasteiger partial charge in [0.15, 0.2) is 0 Å². The number of hydrazine groups is 1. The SMILES string of the molecule is CCCn1nccc1C(NN)c1ccc(C)cc1OC. The first-order valence-corrected chi connectivity index (χ1v) is 6.83. The van der Waals surface area contributed by atoms with Gasteiger partial charge in [-0.15, -0.1) is 0 Å². The quantitative estimate of drug-likeness (QED) is 0.626. The summed E-state index contributed by atoms with van der Waals surface area (Å²) in [6, 6.07) is 7.96. The molecule has 0 aliphatic rings. The summed E-state index contributed by atoms with van der Waals surface area (Å²) in [5.41, 5.74) is 6.08. The van der Waals surface area contributed by atoms with E-state index in [1.165, 1.54) is 0 Å². The van der Waals surface area contributed by atoms with Crippen LogP contribution in [0.2, 0.25) is 0 Å². The van der Waals surface area contributed by atoms with E-state index < -0.39 is 0 Å². The third-order valence-corrected chi connectivity index (χ3v) is 3.35. The van der Waals surface area contributed by atoms with Crippen LogP contribution in [0.4, 0.5) is 0 Å². The summed E-state index contributed by atoms with van der Waals surface area (Å²) in [6.07, 6.45) is 2.83. The fourth-order valence-corrected chi connectivity index (χ4v) is 2.38. The maximum Gasteiger partial charge on any atom is 0.124 e. The second-order valence-corrected chi connectivity index (χ2v) is 4.82. The van der Waals surface area contributed by atoms with Crippen LogP contribution < -0.4 is 16.0 Å². The first kappa shape index (κ1) is 14.6. The van der Waals surface area contributed by atoms with Gasteiger partial charge in [0.05, 0.1) is 18.8 Å². The second-order valence-electron chi connectivity index (χ2n) is 4.82. The summed E-state index contributed by atoms with van der Waals surface area (Å²) in [5.74, 6) is 6.61. The van der Waals surface area contributed by atoms with Crippen molar-refractivity contribution in [1.82, 2.24) is 15.2 Å². The molecule has 2 aromatic rings. The Kier molecular flexibility index (Phi) is 4.76. The van der Waals surface area contributed by atoms with E-state index in [4.69, 9.17) is 10.6 Å². The second kappa shape index (κ2) is 6.54. The van der Waals surface area contributed by atoms with Crippen molar-refractivity contribution in [2.24, 2.45) is 5.84 Å². The van der Waals surface area contributed by atoms with Crippen molar-refractivity contribution in [3.8, 4) is 5.75 Å². The van der Waals surface area contributed by atoms with Crippen molar-refractivity contribution in [3.63, 3.8) is 0 Å². The molecule has 0 fully saturated rings. The lowest BCUT2D eigenvalue weighted by Crippen LogP contribution is -2.31. The molecular weight excluding hydrogens is 252 g/mol. The van der Waals surface area contributed by atoms with Gasteiger partial charge in [0, 0.05) is 18.3 Å². The van der Waals surface area contributed by atoms with E-state index in [2.05, 4.69) is 23.5 Å². The molecule has 0 bridgehead atoms. The molecule has 5 nitrogen and oxygen atoms in total. The topological polar surface area (TPSA) is 65.1 Å². The van der Waals surface area contributed by atoms with E-state index in [-0.39, 0.29) is 6.04 Å². The minimum absolute atomic E-state index is 0.139. The lowest BCUT2D eigenvalue weighted by Gasteiger charge is -2.20. The predicted octanol–water partition coefficient (Wildman–Crippen LogP) is 2.16. The van der Waals surface area contributed by atoms with Crippen LogP contribution in [-0.4, -0.2) is 16.9 Å².